The van der Waals surface area contributed by atoms with Crippen molar-refractivity contribution in [1.82, 2.24) is 9.88 Å². The van der Waals surface area contributed by atoms with Gasteiger partial charge in [0, 0.05) is 36.9 Å². The third-order valence-electron chi connectivity index (χ3n) is 4.16. The minimum atomic E-state index is 0.683. The maximum Gasteiger partial charge on any atom is 0.130 e. The summed E-state index contributed by atoms with van der Waals surface area (Å²) in [5, 5.41) is 3.44. The molecule has 1 aromatic rings. The van der Waals surface area contributed by atoms with Crippen molar-refractivity contribution in [2.45, 2.75) is 65.1 Å². The van der Waals surface area contributed by atoms with E-state index < -0.39 is 0 Å². The monoisotopic (exact) mass is 261 g/mol. The van der Waals surface area contributed by atoms with Crippen LogP contribution >= 0.6 is 0 Å². The zero-order chi connectivity index (χ0) is 13.7. The molecule has 2 rings (SSSR count). The SMILES string of the molecule is CCCNc1ncccc1CN1[C@H](C)CCC[C@@H]1C. The fourth-order valence-corrected chi connectivity index (χ4v) is 2.95. The van der Waals surface area contributed by atoms with E-state index in [1.54, 1.807) is 0 Å². The molecule has 0 radical (unpaired) electrons. The van der Waals surface area contributed by atoms with Gasteiger partial charge in [-0.25, -0.2) is 4.98 Å². The fraction of sp³-hybridized carbons (Fsp3) is 0.688. The summed E-state index contributed by atoms with van der Waals surface area (Å²) >= 11 is 0. The highest BCUT2D eigenvalue weighted by atomic mass is 15.2. The number of nitrogens with one attached hydrogen (secondary N) is 1. The minimum absolute atomic E-state index is 0.683. The number of likely N-dealkylation sites (tertiary alicyclic amines) is 1. The quantitative estimate of drug-likeness (QED) is 0.876. The number of piperidine rings is 1. The Morgan fingerprint density at radius 3 is 2.74 bits per heavy atom. The summed E-state index contributed by atoms with van der Waals surface area (Å²) < 4.78 is 0. The second kappa shape index (κ2) is 6.90. The van der Waals surface area contributed by atoms with Gasteiger partial charge in [0.05, 0.1) is 0 Å². The van der Waals surface area contributed by atoms with Crippen LogP contribution < -0.4 is 5.32 Å². The predicted octanol–water partition coefficient (Wildman–Crippen LogP) is 3.67. The lowest BCUT2D eigenvalue weighted by molar-refractivity contribution is 0.0954. The van der Waals surface area contributed by atoms with E-state index in [9.17, 15) is 0 Å². The summed E-state index contributed by atoms with van der Waals surface area (Å²) in [6.45, 7) is 8.90. The molecule has 2 heterocycles. The number of anilines is 1. The van der Waals surface area contributed by atoms with Crippen LogP contribution in [-0.4, -0.2) is 28.5 Å². The molecule has 0 unspecified atom stereocenters. The van der Waals surface area contributed by atoms with Crippen molar-refractivity contribution >= 4 is 5.82 Å². The molecule has 1 N–H and O–H groups in total. The van der Waals surface area contributed by atoms with Crippen molar-refractivity contribution in [3.05, 3.63) is 23.9 Å². The van der Waals surface area contributed by atoms with Gasteiger partial charge in [-0.3, -0.25) is 4.90 Å². The highest BCUT2D eigenvalue weighted by Crippen LogP contribution is 2.26. The lowest BCUT2D eigenvalue weighted by atomic mass is 9.97. The first-order valence-corrected chi connectivity index (χ1v) is 7.66. The average molecular weight is 261 g/mol. The molecule has 3 heteroatoms. The van der Waals surface area contributed by atoms with Crippen molar-refractivity contribution in [2.75, 3.05) is 11.9 Å². The van der Waals surface area contributed by atoms with Crippen molar-refractivity contribution in [3.8, 4) is 0 Å². The van der Waals surface area contributed by atoms with E-state index in [1.807, 2.05) is 12.3 Å². The molecule has 1 aromatic heterocycles. The Bertz CT molecular complexity index is 381. The van der Waals surface area contributed by atoms with Gasteiger partial charge >= 0.3 is 0 Å². The van der Waals surface area contributed by atoms with Crippen molar-refractivity contribution in [3.63, 3.8) is 0 Å². The number of aromatic nitrogens is 1. The first-order valence-electron chi connectivity index (χ1n) is 7.66. The number of pyridine rings is 1. The summed E-state index contributed by atoms with van der Waals surface area (Å²) in [7, 11) is 0. The summed E-state index contributed by atoms with van der Waals surface area (Å²) in [5.41, 5.74) is 1.33. The predicted molar refractivity (Wildman–Crippen MR) is 81.3 cm³/mol. The summed E-state index contributed by atoms with van der Waals surface area (Å²) in [4.78, 5) is 7.12. The normalized spacial score (nSPS) is 24.4. The Hall–Kier alpha value is -1.09. The van der Waals surface area contributed by atoms with Crippen molar-refractivity contribution in [1.29, 1.82) is 0 Å². The molecule has 0 bridgehead atoms. The van der Waals surface area contributed by atoms with Crippen LogP contribution in [0.15, 0.2) is 18.3 Å². The zero-order valence-electron chi connectivity index (χ0n) is 12.5. The van der Waals surface area contributed by atoms with E-state index in [4.69, 9.17) is 0 Å². The number of rotatable bonds is 5. The molecule has 1 aliphatic rings. The van der Waals surface area contributed by atoms with E-state index in [1.165, 1.54) is 24.8 Å². The van der Waals surface area contributed by atoms with Crippen LogP contribution in [0.5, 0.6) is 0 Å². The Morgan fingerprint density at radius 2 is 2.05 bits per heavy atom. The molecule has 106 valence electrons. The lowest BCUT2D eigenvalue weighted by Crippen LogP contribution is -2.43. The molecule has 2 atom stereocenters. The van der Waals surface area contributed by atoms with Gasteiger partial charge < -0.3 is 5.32 Å². The van der Waals surface area contributed by atoms with E-state index in [2.05, 4.69) is 42.0 Å². The van der Waals surface area contributed by atoms with Crippen molar-refractivity contribution < 1.29 is 0 Å². The van der Waals surface area contributed by atoms with Gasteiger partial charge in [-0.05, 0) is 39.2 Å². The number of nitrogens with zero attached hydrogens (tertiary/aromatic N) is 2. The highest BCUT2D eigenvalue weighted by molar-refractivity contribution is 5.43. The molecule has 3 nitrogen and oxygen atoms in total. The van der Waals surface area contributed by atoms with Gasteiger partial charge in [0.15, 0.2) is 0 Å². The molecule has 0 amide bonds. The zero-order valence-corrected chi connectivity index (χ0v) is 12.5. The second-order valence-corrected chi connectivity index (χ2v) is 5.74. The van der Waals surface area contributed by atoms with Gasteiger partial charge in [0.1, 0.15) is 5.82 Å². The molecule has 0 aliphatic carbocycles. The van der Waals surface area contributed by atoms with Crippen LogP contribution in [-0.2, 0) is 6.54 Å². The van der Waals surface area contributed by atoms with Crippen LogP contribution in [0.1, 0.15) is 52.0 Å². The first kappa shape index (κ1) is 14.3. The molecule has 1 aliphatic heterocycles. The molecule has 0 saturated carbocycles. The van der Waals surface area contributed by atoms with E-state index in [0.717, 1.165) is 25.3 Å². The summed E-state index contributed by atoms with van der Waals surface area (Å²) in [5.74, 6) is 1.06. The number of hydrogen-bond donors (Lipinski definition) is 1. The smallest absolute Gasteiger partial charge is 0.130 e. The Morgan fingerprint density at radius 1 is 1.32 bits per heavy atom. The summed E-state index contributed by atoms with van der Waals surface area (Å²) in [6, 6.07) is 5.62. The molecule has 0 aromatic carbocycles. The lowest BCUT2D eigenvalue weighted by Gasteiger charge is -2.39. The van der Waals surface area contributed by atoms with Gasteiger partial charge in [0.2, 0.25) is 0 Å². The minimum Gasteiger partial charge on any atom is -0.370 e. The molecule has 1 fully saturated rings. The van der Waals surface area contributed by atoms with E-state index in [0.29, 0.717) is 12.1 Å². The average Bonchev–Trinajstić information content (AvgIpc) is 2.42. The molecular weight excluding hydrogens is 234 g/mol. The van der Waals surface area contributed by atoms with Gasteiger partial charge in [-0.1, -0.05) is 19.4 Å². The molecule has 1 saturated heterocycles. The van der Waals surface area contributed by atoms with E-state index in [-0.39, 0.29) is 0 Å². The van der Waals surface area contributed by atoms with Crippen LogP contribution in [0.4, 0.5) is 5.82 Å². The van der Waals surface area contributed by atoms with Crippen molar-refractivity contribution in [2.24, 2.45) is 0 Å². The standard InChI is InChI=1S/C16H27N3/c1-4-10-17-16-15(9-6-11-18-16)12-19-13(2)7-5-8-14(19)3/h6,9,11,13-14H,4-5,7-8,10,12H2,1-3H3,(H,17,18)/t13-,14+. The first-order chi connectivity index (χ1) is 9.22. The molecule has 19 heavy (non-hydrogen) atoms. The topological polar surface area (TPSA) is 28.2 Å². The molecule has 0 spiro atoms. The van der Waals surface area contributed by atoms with Crippen LogP contribution in [0.25, 0.3) is 0 Å². The Balaban J connectivity index is 2.08. The largest absolute Gasteiger partial charge is 0.370 e. The Kier molecular flexibility index (Phi) is 5.20. The van der Waals surface area contributed by atoms with Crippen LogP contribution in [0, 0.1) is 0 Å². The fourth-order valence-electron chi connectivity index (χ4n) is 2.95. The maximum absolute atomic E-state index is 4.49. The Labute approximate surface area is 117 Å². The molecular formula is C16H27N3. The number of hydrogen-bond acceptors (Lipinski definition) is 3. The van der Waals surface area contributed by atoms with E-state index >= 15 is 0 Å². The summed E-state index contributed by atoms with van der Waals surface area (Å²) in [6.07, 6.45) is 7.02. The second-order valence-electron chi connectivity index (χ2n) is 5.74. The highest BCUT2D eigenvalue weighted by Gasteiger charge is 2.25. The van der Waals surface area contributed by atoms with Gasteiger partial charge in [-0.2, -0.15) is 0 Å². The maximum atomic E-state index is 4.49. The third-order valence-corrected chi connectivity index (χ3v) is 4.16. The van der Waals surface area contributed by atoms with Crippen LogP contribution in [0.3, 0.4) is 0 Å². The third kappa shape index (κ3) is 3.69. The van der Waals surface area contributed by atoms with Crippen LogP contribution in [0.2, 0.25) is 0 Å². The van der Waals surface area contributed by atoms with Gasteiger partial charge in [0.25, 0.3) is 0 Å². The van der Waals surface area contributed by atoms with Gasteiger partial charge in [-0.15, -0.1) is 0 Å².